The number of carbonyl (C=O) groups is 1. The summed E-state index contributed by atoms with van der Waals surface area (Å²) in [5.74, 6) is -0.593. The van der Waals surface area contributed by atoms with E-state index in [0.29, 0.717) is 26.1 Å². The van der Waals surface area contributed by atoms with Gasteiger partial charge in [-0.1, -0.05) is 17.7 Å². The van der Waals surface area contributed by atoms with Crippen LogP contribution in [0.15, 0.2) is 36.4 Å². The van der Waals surface area contributed by atoms with E-state index in [-0.39, 0.29) is 28.1 Å². The number of benzene rings is 2. The van der Waals surface area contributed by atoms with Crippen molar-refractivity contribution in [3.63, 3.8) is 0 Å². The van der Waals surface area contributed by atoms with Gasteiger partial charge in [-0.2, -0.15) is 13.2 Å². The molecule has 0 spiro atoms. The molecule has 0 saturated carbocycles. The van der Waals surface area contributed by atoms with Crippen molar-refractivity contribution in [2.24, 2.45) is 0 Å². The lowest BCUT2D eigenvalue weighted by Gasteiger charge is -2.36. The highest BCUT2D eigenvalue weighted by atomic mass is 35.5. The van der Waals surface area contributed by atoms with Crippen LogP contribution in [0.2, 0.25) is 5.02 Å². The van der Waals surface area contributed by atoms with Crippen molar-refractivity contribution in [1.82, 2.24) is 10.2 Å². The Balaban J connectivity index is 1.88. The Hall–Kier alpha value is -2.45. The summed E-state index contributed by atoms with van der Waals surface area (Å²) in [6, 6.07) is 7.55. The van der Waals surface area contributed by atoms with Gasteiger partial charge in [0.25, 0.3) is 5.91 Å². The van der Waals surface area contributed by atoms with Gasteiger partial charge in [-0.05, 0) is 42.3 Å². The number of ether oxygens (including phenoxy) is 1. The Kier molecular flexibility index (Phi) is 6.24. The summed E-state index contributed by atoms with van der Waals surface area (Å²) in [6.45, 7) is 1.36. The zero-order chi connectivity index (χ0) is 21.2. The fraction of sp³-hybridized carbons (Fsp3) is 0.350. The molecule has 2 aromatic carbocycles. The molecule has 1 aliphatic rings. The number of aromatic hydroxyl groups is 1. The Morgan fingerprint density at radius 2 is 2.07 bits per heavy atom. The quantitative estimate of drug-likeness (QED) is 0.779. The molecule has 2 N–H and O–H groups in total. The van der Waals surface area contributed by atoms with Crippen LogP contribution in [0.1, 0.15) is 21.5 Å². The third-order valence-corrected chi connectivity index (χ3v) is 5.13. The fourth-order valence-corrected chi connectivity index (χ4v) is 3.46. The lowest BCUT2D eigenvalue weighted by molar-refractivity contribution is -0.137. The van der Waals surface area contributed by atoms with Gasteiger partial charge in [0.2, 0.25) is 0 Å². The molecular weight excluding hydrogens is 409 g/mol. The minimum Gasteiger partial charge on any atom is -0.506 e. The minimum atomic E-state index is -4.59. The highest BCUT2D eigenvalue weighted by molar-refractivity contribution is 6.32. The molecule has 1 saturated heterocycles. The predicted octanol–water partition coefficient (Wildman–Crippen LogP) is 3.73. The number of amides is 1. The number of phenolic OH excluding ortho intramolecular Hbond substituents is 1. The molecule has 1 heterocycles. The van der Waals surface area contributed by atoms with Crippen molar-refractivity contribution in [2.75, 3.05) is 26.7 Å². The van der Waals surface area contributed by atoms with E-state index in [1.807, 2.05) is 0 Å². The number of hydrogen-bond donors (Lipinski definition) is 2. The molecule has 29 heavy (non-hydrogen) atoms. The molecule has 1 atom stereocenters. The standard InChI is InChI=1S/C20H20ClF3N2O3/c1-29-16-9-13(8-14(10-16)20(22,23)24)19(28)26-5-4-25-11-15(26)6-12-2-3-17(21)18(27)7-12/h2-3,7-10,15,25,27H,4-6,11H2,1H3/t15-/m1/s1. The maximum atomic E-state index is 13.2. The molecule has 0 unspecified atom stereocenters. The summed E-state index contributed by atoms with van der Waals surface area (Å²) in [7, 11) is 1.25. The van der Waals surface area contributed by atoms with E-state index in [2.05, 4.69) is 5.32 Å². The van der Waals surface area contributed by atoms with E-state index >= 15 is 0 Å². The van der Waals surface area contributed by atoms with Crippen LogP contribution in [-0.4, -0.2) is 48.7 Å². The number of alkyl halides is 3. The van der Waals surface area contributed by atoms with Gasteiger partial charge in [0.1, 0.15) is 11.5 Å². The summed E-state index contributed by atoms with van der Waals surface area (Å²) in [6.07, 6.45) is -4.17. The Morgan fingerprint density at radius 3 is 2.72 bits per heavy atom. The summed E-state index contributed by atoms with van der Waals surface area (Å²) in [4.78, 5) is 14.6. The Bertz CT molecular complexity index is 905. The van der Waals surface area contributed by atoms with Crippen molar-refractivity contribution >= 4 is 17.5 Å². The topological polar surface area (TPSA) is 61.8 Å². The third-order valence-electron chi connectivity index (χ3n) is 4.81. The highest BCUT2D eigenvalue weighted by Gasteiger charge is 2.34. The van der Waals surface area contributed by atoms with Crippen molar-refractivity contribution in [3.8, 4) is 11.5 Å². The van der Waals surface area contributed by atoms with E-state index in [9.17, 15) is 23.1 Å². The number of carbonyl (C=O) groups excluding carboxylic acids is 1. The highest BCUT2D eigenvalue weighted by Crippen LogP contribution is 2.33. The van der Waals surface area contributed by atoms with Crippen LogP contribution in [0.25, 0.3) is 0 Å². The smallest absolute Gasteiger partial charge is 0.416 e. The van der Waals surface area contributed by atoms with Crippen LogP contribution in [-0.2, 0) is 12.6 Å². The molecule has 2 aromatic rings. The van der Waals surface area contributed by atoms with E-state index in [0.717, 1.165) is 17.7 Å². The molecule has 1 fully saturated rings. The summed E-state index contributed by atoms with van der Waals surface area (Å²) < 4.78 is 44.6. The zero-order valence-corrected chi connectivity index (χ0v) is 16.3. The monoisotopic (exact) mass is 428 g/mol. The third kappa shape index (κ3) is 4.94. The van der Waals surface area contributed by atoms with Crippen LogP contribution in [0.4, 0.5) is 13.2 Å². The minimum absolute atomic E-state index is 0.0301. The first-order valence-corrected chi connectivity index (χ1v) is 9.32. The number of piperazine rings is 1. The van der Waals surface area contributed by atoms with Gasteiger partial charge in [0.15, 0.2) is 0 Å². The number of methoxy groups -OCH3 is 1. The lowest BCUT2D eigenvalue weighted by Crippen LogP contribution is -2.54. The Morgan fingerprint density at radius 1 is 1.31 bits per heavy atom. The van der Waals surface area contributed by atoms with Gasteiger partial charge in [-0.3, -0.25) is 4.79 Å². The maximum Gasteiger partial charge on any atom is 0.416 e. The van der Waals surface area contributed by atoms with Gasteiger partial charge in [-0.25, -0.2) is 0 Å². The summed E-state index contributed by atoms with van der Waals surface area (Å²) in [5.41, 5.74) is -0.253. The van der Waals surface area contributed by atoms with E-state index in [4.69, 9.17) is 16.3 Å². The molecular formula is C20H20ClF3N2O3. The van der Waals surface area contributed by atoms with Gasteiger partial charge in [-0.15, -0.1) is 0 Å². The molecule has 5 nitrogen and oxygen atoms in total. The second-order valence-corrected chi connectivity index (χ2v) is 7.20. The first-order chi connectivity index (χ1) is 13.7. The molecule has 0 aromatic heterocycles. The van der Waals surface area contributed by atoms with E-state index in [1.165, 1.54) is 19.2 Å². The maximum absolute atomic E-state index is 13.2. The molecule has 156 valence electrons. The van der Waals surface area contributed by atoms with Crippen molar-refractivity contribution in [2.45, 2.75) is 18.6 Å². The van der Waals surface area contributed by atoms with Crippen LogP contribution in [0.3, 0.4) is 0 Å². The predicted molar refractivity (Wildman–Crippen MR) is 103 cm³/mol. The van der Waals surface area contributed by atoms with Gasteiger partial charge >= 0.3 is 6.18 Å². The average molecular weight is 429 g/mol. The number of rotatable bonds is 4. The van der Waals surface area contributed by atoms with Crippen LogP contribution in [0, 0.1) is 0 Å². The first-order valence-electron chi connectivity index (χ1n) is 8.94. The summed E-state index contributed by atoms with van der Waals surface area (Å²) >= 11 is 5.83. The van der Waals surface area contributed by atoms with Crippen molar-refractivity contribution in [1.29, 1.82) is 0 Å². The largest absolute Gasteiger partial charge is 0.506 e. The zero-order valence-electron chi connectivity index (χ0n) is 15.6. The number of nitrogens with zero attached hydrogens (tertiary/aromatic N) is 1. The van der Waals surface area contributed by atoms with Gasteiger partial charge in [0, 0.05) is 31.2 Å². The molecule has 9 heteroatoms. The molecule has 0 bridgehead atoms. The second-order valence-electron chi connectivity index (χ2n) is 6.79. The number of halogens is 4. The first kappa shape index (κ1) is 21.3. The number of nitrogens with one attached hydrogen (secondary N) is 1. The van der Waals surface area contributed by atoms with Crippen molar-refractivity contribution < 1.29 is 27.8 Å². The second kappa shape index (κ2) is 8.51. The number of phenols is 1. The van der Waals surface area contributed by atoms with E-state index < -0.39 is 17.6 Å². The fourth-order valence-electron chi connectivity index (χ4n) is 3.34. The average Bonchev–Trinajstić information content (AvgIpc) is 2.69. The van der Waals surface area contributed by atoms with Crippen LogP contribution < -0.4 is 10.1 Å². The van der Waals surface area contributed by atoms with Gasteiger partial charge < -0.3 is 20.1 Å². The summed E-state index contributed by atoms with van der Waals surface area (Å²) in [5, 5.41) is 13.2. The van der Waals surface area contributed by atoms with Crippen LogP contribution >= 0.6 is 11.6 Å². The molecule has 0 aliphatic carbocycles. The Labute approximate surface area is 171 Å². The molecule has 0 radical (unpaired) electrons. The molecule has 3 rings (SSSR count). The number of hydrogen-bond acceptors (Lipinski definition) is 4. The molecule has 1 amide bonds. The van der Waals surface area contributed by atoms with Crippen LogP contribution in [0.5, 0.6) is 11.5 Å². The lowest BCUT2D eigenvalue weighted by atomic mass is 10.0. The van der Waals surface area contributed by atoms with Crippen molar-refractivity contribution in [3.05, 3.63) is 58.1 Å². The van der Waals surface area contributed by atoms with E-state index in [1.54, 1.807) is 17.0 Å². The normalized spacial score (nSPS) is 17.3. The SMILES string of the molecule is COc1cc(C(=O)N2CCNC[C@H]2Cc2ccc(Cl)c(O)c2)cc(C(F)(F)F)c1. The van der Waals surface area contributed by atoms with Gasteiger partial charge in [0.05, 0.1) is 17.7 Å². The molecule has 1 aliphatic heterocycles.